The van der Waals surface area contributed by atoms with Gasteiger partial charge in [-0.05, 0) is 43.6 Å². The largest absolute Gasteiger partial charge is 0.481 e. The number of benzene rings is 1. The third-order valence-corrected chi connectivity index (χ3v) is 4.32. The molecule has 6 heteroatoms. The van der Waals surface area contributed by atoms with Crippen LogP contribution in [0.5, 0.6) is 0 Å². The molecule has 1 aromatic carbocycles. The molecule has 1 fully saturated rings. The molecule has 0 bridgehead atoms. The minimum Gasteiger partial charge on any atom is -0.481 e. The van der Waals surface area contributed by atoms with Gasteiger partial charge in [-0.25, -0.2) is 0 Å². The predicted molar refractivity (Wildman–Crippen MR) is 75.1 cm³/mol. The van der Waals surface area contributed by atoms with Crippen molar-refractivity contribution in [1.82, 2.24) is 0 Å². The highest BCUT2D eigenvalue weighted by atomic mass is 16.9. The Morgan fingerprint density at radius 3 is 2.48 bits per heavy atom. The van der Waals surface area contributed by atoms with E-state index >= 15 is 0 Å². The Morgan fingerprint density at radius 1 is 1.33 bits per heavy atom. The molecule has 1 aromatic rings. The minimum absolute atomic E-state index is 0.0635. The zero-order valence-corrected chi connectivity index (χ0v) is 11.7. The van der Waals surface area contributed by atoms with E-state index in [0.29, 0.717) is 32.1 Å². The van der Waals surface area contributed by atoms with Crippen molar-refractivity contribution in [3.63, 3.8) is 0 Å². The van der Waals surface area contributed by atoms with E-state index in [1.165, 1.54) is 0 Å². The molecule has 1 N–H and O–H groups in total. The Labute approximate surface area is 122 Å². The van der Waals surface area contributed by atoms with Crippen LogP contribution in [0.1, 0.15) is 31.2 Å². The Balaban J connectivity index is 1.99. The molecule has 0 spiro atoms. The number of hydrogen-bond acceptors (Lipinski definition) is 4. The Morgan fingerprint density at radius 2 is 1.95 bits per heavy atom. The fourth-order valence-corrected chi connectivity index (χ4v) is 3.02. The molecule has 114 valence electrons. The highest BCUT2D eigenvalue weighted by Crippen LogP contribution is 2.42. The maximum absolute atomic E-state index is 11.7. The number of rotatable bonds is 6. The highest BCUT2D eigenvalue weighted by Gasteiger charge is 2.42. The lowest BCUT2D eigenvalue weighted by molar-refractivity contribution is -0.759. The smallest absolute Gasteiger partial charge is 0.309 e. The third-order valence-electron chi connectivity index (χ3n) is 4.32. The SMILES string of the molecule is O=C(O)C1(Cc2ccccc2)CCC(CO[N+](=O)[O-])CC1. The van der Waals surface area contributed by atoms with Crippen LogP contribution < -0.4 is 0 Å². The normalized spacial score (nSPS) is 25.2. The van der Waals surface area contributed by atoms with Crippen molar-refractivity contribution >= 4 is 5.97 Å². The second-order valence-corrected chi connectivity index (χ2v) is 5.71. The lowest BCUT2D eigenvalue weighted by Crippen LogP contribution is -2.38. The number of carboxylic acids is 1. The standard InChI is InChI=1S/C15H19NO5/c17-14(18)15(10-12-4-2-1-3-5-12)8-6-13(7-9-15)11-21-16(19)20/h1-5,13H,6-11H2,(H,17,18). The molecule has 6 nitrogen and oxygen atoms in total. The molecule has 0 amide bonds. The average Bonchev–Trinajstić information content (AvgIpc) is 2.47. The topological polar surface area (TPSA) is 89.7 Å². The summed E-state index contributed by atoms with van der Waals surface area (Å²) in [4.78, 5) is 26.3. The van der Waals surface area contributed by atoms with Gasteiger partial charge in [-0.15, -0.1) is 10.1 Å². The van der Waals surface area contributed by atoms with Gasteiger partial charge >= 0.3 is 5.97 Å². The summed E-state index contributed by atoms with van der Waals surface area (Å²) in [6.07, 6.45) is 2.86. The van der Waals surface area contributed by atoms with Gasteiger partial charge in [-0.2, -0.15) is 0 Å². The molecule has 1 aliphatic carbocycles. The van der Waals surface area contributed by atoms with E-state index in [2.05, 4.69) is 4.84 Å². The summed E-state index contributed by atoms with van der Waals surface area (Å²) >= 11 is 0. The van der Waals surface area contributed by atoms with Crippen molar-refractivity contribution in [2.24, 2.45) is 11.3 Å². The monoisotopic (exact) mass is 293 g/mol. The summed E-state index contributed by atoms with van der Waals surface area (Å²) in [6.45, 7) is 0.0635. The summed E-state index contributed by atoms with van der Waals surface area (Å²) in [5, 5.41) is 19.0. The van der Waals surface area contributed by atoms with Crippen LogP contribution in [0.15, 0.2) is 30.3 Å². The molecule has 0 atom stereocenters. The molecule has 21 heavy (non-hydrogen) atoms. The number of hydrogen-bond donors (Lipinski definition) is 1. The van der Waals surface area contributed by atoms with E-state index in [4.69, 9.17) is 0 Å². The lowest BCUT2D eigenvalue weighted by Gasteiger charge is -2.36. The average molecular weight is 293 g/mol. The lowest BCUT2D eigenvalue weighted by atomic mass is 9.67. The summed E-state index contributed by atoms with van der Waals surface area (Å²) in [6, 6.07) is 9.59. The molecule has 0 aromatic heterocycles. The quantitative estimate of drug-likeness (QED) is 0.643. The molecule has 0 heterocycles. The second-order valence-electron chi connectivity index (χ2n) is 5.71. The fourth-order valence-electron chi connectivity index (χ4n) is 3.02. The summed E-state index contributed by atoms with van der Waals surface area (Å²) in [5.41, 5.74) is 0.256. The van der Waals surface area contributed by atoms with Crippen molar-refractivity contribution < 1.29 is 19.8 Å². The van der Waals surface area contributed by atoms with E-state index in [9.17, 15) is 20.0 Å². The van der Waals surface area contributed by atoms with Gasteiger partial charge in [-0.1, -0.05) is 30.3 Å². The van der Waals surface area contributed by atoms with Gasteiger partial charge in [0.15, 0.2) is 0 Å². The van der Waals surface area contributed by atoms with E-state index < -0.39 is 16.5 Å². The summed E-state index contributed by atoms with van der Waals surface area (Å²) < 4.78 is 0. The highest BCUT2D eigenvalue weighted by molar-refractivity contribution is 5.75. The van der Waals surface area contributed by atoms with Crippen molar-refractivity contribution in [3.05, 3.63) is 46.0 Å². The molecule has 0 unspecified atom stereocenters. The molecule has 0 radical (unpaired) electrons. The van der Waals surface area contributed by atoms with Crippen LogP contribution >= 0.6 is 0 Å². The first-order chi connectivity index (χ1) is 10.0. The maximum Gasteiger partial charge on any atom is 0.309 e. The van der Waals surface area contributed by atoms with Crippen LogP contribution in [0, 0.1) is 21.4 Å². The zero-order chi connectivity index (χ0) is 15.3. The molecule has 1 saturated carbocycles. The molecule has 2 rings (SSSR count). The van der Waals surface area contributed by atoms with Crippen LogP contribution in [-0.2, 0) is 16.1 Å². The van der Waals surface area contributed by atoms with Gasteiger partial charge in [0, 0.05) is 0 Å². The van der Waals surface area contributed by atoms with Crippen LogP contribution in [0.25, 0.3) is 0 Å². The first kappa shape index (κ1) is 15.3. The summed E-state index contributed by atoms with van der Waals surface area (Å²) in [7, 11) is 0. The fraction of sp³-hybridized carbons (Fsp3) is 0.533. The van der Waals surface area contributed by atoms with Crippen LogP contribution in [-0.4, -0.2) is 22.8 Å². The second kappa shape index (κ2) is 6.56. The van der Waals surface area contributed by atoms with Crippen LogP contribution in [0.3, 0.4) is 0 Å². The van der Waals surface area contributed by atoms with E-state index in [1.54, 1.807) is 0 Å². The van der Waals surface area contributed by atoms with E-state index in [0.717, 1.165) is 5.56 Å². The van der Waals surface area contributed by atoms with Crippen molar-refractivity contribution in [1.29, 1.82) is 0 Å². The first-order valence-corrected chi connectivity index (χ1v) is 7.06. The van der Waals surface area contributed by atoms with Gasteiger partial charge in [0.25, 0.3) is 5.09 Å². The molecule has 1 aliphatic rings. The Kier molecular flexibility index (Phi) is 4.77. The van der Waals surface area contributed by atoms with Gasteiger partial charge in [0.05, 0.1) is 12.0 Å². The molecular weight excluding hydrogens is 274 g/mol. The maximum atomic E-state index is 11.7. The number of carboxylic acid groups (broad SMARTS) is 1. The van der Waals surface area contributed by atoms with Gasteiger partial charge in [0.2, 0.25) is 0 Å². The van der Waals surface area contributed by atoms with Gasteiger partial charge in [-0.3, -0.25) is 4.79 Å². The van der Waals surface area contributed by atoms with Crippen LogP contribution in [0.2, 0.25) is 0 Å². The summed E-state index contributed by atoms with van der Waals surface area (Å²) in [5.74, 6) is -0.710. The van der Waals surface area contributed by atoms with Crippen molar-refractivity contribution in [2.75, 3.05) is 6.61 Å². The number of nitrogens with zero attached hydrogens (tertiary/aromatic N) is 1. The predicted octanol–water partition coefficient (Wildman–Crippen LogP) is 2.70. The first-order valence-electron chi connectivity index (χ1n) is 7.06. The third kappa shape index (κ3) is 3.93. The van der Waals surface area contributed by atoms with Crippen molar-refractivity contribution in [2.45, 2.75) is 32.1 Å². The van der Waals surface area contributed by atoms with Gasteiger partial charge < -0.3 is 9.94 Å². The van der Waals surface area contributed by atoms with E-state index in [-0.39, 0.29) is 12.5 Å². The molecule has 0 saturated heterocycles. The van der Waals surface area contributed by atoms with Crippen LogP contribution in [0.4, 0.5) is 0 Å². The van der Waals surface area contributed by atoms with Gasteiger partial charge in [0.1, 0.15) is 0 Å². The van der Waals surface area contributed by atoms with E-state index in [1.807, 2.05) is 30.3 Å². The zero-order valence-electron chi connectivity index (χ0n) is 11.7. The minimum atomic E-state index is -0.789. The Hall–Kier alpha value is -2.11. The molecule has 0 aliphatic heterocycles. The molecular formula is C15H19NO5. The number of carbonyl (C=O) groups is 1. The number of aliphatic carboxylic acids is 1. The van der Waals surface area contributed by atoms with Crippen molar-refractivity contribution in [3.8, 4) is 0 Å². The Bertz CT molecular complexity index is 494.